The molecule has 0 unspecified atom stereocenters. The molecule has 126 valence electrons. The van der Waals surface area contributed by atoms with Crippen LogP contribution in [0.1, 0.15) is 5.56 Å². The summed E-state index contributed by atoms with van der Waals surface area (Å²) in [5.41, 5.74) is 1.51. The van der Waals surface area contributed by atoms with Gasteiger partial charge in [-0.05, 0) is 42.0 Å². The van der Waals surface area contributed by atoms with Crippen LogP contribution >= 0.6 is 12.2 Å². The monoisotopic (exact) mass is 365 g/mol. The minimum atomic E-state index is -3.21. The van der Waals surface area contributed by atoms with Gasteiger partial charge in [-0.1, -0.05) is 12.1 Å². The summed E-state index contributed by atoms with van der Waals surface area (Å²) in [5.74, 6) is 0. The molecule has 2 aromatic carbocycles. The number of nitrogens with zero attached hydrogens (tertiary/aromatic N) is 1. The number of hydrogen-bond donors (Lipinski definition) is 2. The zero-order valence-corrected chi connectivity index (χ0v) is 14.4. The molecule has 2 N–H and O–H groups in total. The summed E-state index contributed by atoms with van der Waals surface area (Å²) in [7, 11) is -3.21. The van der Waals surface area contributed by atoms with E-state index in [1.165, 1.54) is 12.1 Å². The molecule has 9 heteroatoms. The fourth-order valence-electron chi connectivity index (χ4n) is 1.88. The van der Waals surface area contributed by atoms with Crippen molar-refractivity contribution in [3.05, 3.63) is 64.2 Å². The van der Waals surface area contributed by atoms with E-state index in [1.54, 1.807) is 36.4 Å². The molecule has 2 aromatic rings. The Kier molecular flexibility index (Phi) is 5.47. The Balaban J connectivity index is 1.90. The topological polar surface area (TPSA) is 101 Å². The van der Waals surface area contributed by atoms with Crippen molar-refractivity contribution in [1.29, 1.82) is 0 Å². The second-order valence-corrected chi connectivity index (χ2v) is 7.45. The van der Waals surface area contributed by atoms with Crippen LogP contribution in [0.3, 0.4) is 0 Å². The smallest absolute Gasteiger partial charge is 0.269 e. The third-order valence-electron chi connectivity index (χ3n) is 3.14. The maximum Gasteiger partial charge on any atom is 0.269 e. The van der Waals surface area contributed by atoms with Crippen LogP contribution in [0.25, 0.3) is 0 Å². The van der Waals surface area contributed by atoms with Gasteiger partial charge in [0.1, 0.15) is 0 Å². The van der Waals surface area contributed by atoms with Crippen LogP contribution < -0.4 is 10.6 Å². The minimum absolute atomic E-state index is 0.00499. The number of non-ortho nitro benzene ring substituents is 1. The predicted octanol–water partition coefficient (Wildman–Crippen LogP) is 2.48. The number of nitro benzene ring substituents is 1. The van der Waals surface area contributed by atoms with E-state index in [1.807, 2.05) is 0 Å². The average Bonchev–Trinajstić information content (AvgIpc) is 2.53. The highest BCUT2D eigenvalue weighted by molar-refractivity contribution is 7.90. The minimum Gasteiger partial charge on any atom is -0.358 e. The van der Waals surface area contributed by atoms with Crippen molar-refractivity contribution < 1.29 is 13.3 Å². The molecular formula is C15H15N3O4S2. The van der Waals surface area contributed by atoms with Crippen molar-refractivity contribution in [2.45, 2.75) is 11.4 Å². The van der Waals surface area contributed by atoms with E-state index in [9.17, 15) is 18.5 Å². The van der Waals surface area contributed by atoms with Gasteiger partial charge in [-0.2, -0.15) is 0 Å². The van der Waals surface area contributed by atoms with Crippen molar-refractivity contribution in [1.82, 2.24) is 5.32 Å². The van der Waals surface area contributed by atoms with Crippen LogP contribution in [0.15, 0.2) is 53.4 Å². The molecule has 0 radical (unpaired) electrons. The maximum absolute atomic E-state index is 11.4. The molecule has 0 spiro atoms. The molecule has 0 saturated carbocycles. The van der Waals surface area contributed by atoms with Crippen LogP contribution in [-0.2, 0) is 16.4 Å². The number of benzene rings is 2. The molecule has 0 aliphatic carbocycles. The lowest BCUT2D eigenvalue weighted by molar-refractivity contribution is -0.384. The Morgan fingerprint density at radius 2 is 1.71 bits per heavy atom. The predicted molar refractivity (Wildman–Crippen MR) is 95.7 cm³/mol. The number of thiocarbonyl (C=S) groups is 1. The van der Waals surface area contributed by atoms with Crippen molar-refractivity contribution in [2.24, 2.45) is 0 Å². The lowest BCUT2D eigenvalue weighted by atomic mass is 10.2. The number of sulfone groups is 1. The van der Waals surface area contributed by atoms with Gasteiger partial charge in [0.15, 0.2) is 14.9 Å². The third kappa shape index (κ3) is 5.00. The molecular weight excluding hydrogens is 350 g/mol. The quantitative estimate of drug-likeness (QED) is 0.477. The van der Waals surface area contributed by atoms with Gasteiger partial charge >= 0.3 is 0 Å². The molecule has 0 amide bonds. The summed E-state index contributed by atoms with van der Waals surface area (Å²) in [6, 6.07) is 12.4. The van der Waals surface area contributed by atoms with Crippen molar-refractivity contribution in [3.8, 4) is 0 Å². The molecule has 0 aromatic heterocycles. The Morgan fingerprint density at radius 3 is 2.21 bits per heavy atom. The first-order valence-electron chi connectivity index (χ1n) is 6.84. The van der Waals surface area contributed by atoms with Gasteiger partial charge in [-0.15, -0.1) is 0 Å². The molecule has 0 saturated heterocycles. The van der Waals surface area contributed by atoms with Crippen LogP contribution in [0.5, 0.6) is 0 Å². The summed E-state index contributed by atoms with van der Waals surface area (Å²) < 4.78 is 22.8. The fourth-order valence-corrected chi connectivity index (χ4v) is 2.70. The molecule has 24 heavy (non-hydrogen) atoms. The van der Waals surface area contributed by atoms with E-state index in [0.29, 0.717) is 17.3 Å². The van der Waals surface area contributed by atoms with Gasteiger partial charge in [0.05, 0.1) is 9.82 Å². The number of rotatable bonds is 5. The fraction of sp³-hybridized carbons (Fsp3) is 0.133. The highest BCUT2D eigenvalue weighted by Crippen LogP contribution is 2.15. The van der Waals surface area contributed by atoms with E-state index in [0.717, 1.165) is 11.8 Å². The highest BCUT2D eigenvalue weighted by Gasteiger charge is 2.07. The van der Waals surface area contributed by atoms with E-state index in [4.69, 9.17) is 12.2 Å². The number of hydrogen-bond acceptors (Lipinski definition) is 5. The van der Waals surface area contributed by atoms with Crippen LogP contribution in [0.4, 0.5) is 11.4 Å². The summed E-state index contributed by atoms with van der Waals surface area (Å²) >= 11 is 5.15. The van der Waals surface area contributed by atoms with E-state index >= 15 is 0 Å². The molecule has 0 aliphatic heterocycles. The van der Waals surface area contributed by atoms with Crippen molar-refractivity contribution in [3.63, 3.8) is 0 Å². The molecule has 0 heterocycles. The first-order valence-corrected chi connectivity index (χ1v) is 9.14. The van der Waals surface area contributed by atoms with E-state index < -0.39 is 14.8 Å². The standard InChI is InChI=1S/C15H15N3O4S2/c1-24(21,22)14-8-2-11(3-9-14)10-16-15(23)17-12-4-6-13(7-5-12)18(19)20/h2-9H,10H2,1H3,(H2,16,17,23). The van der Waals surface area contributed by atoms with Gasteiger partial charge < -0.3 is 10.6 Å². The van der Waals surface area contributed by atoms with E-state index in [-0.39, 0.29) is 10.6 Å². The first kappa shape index (κ1) is 17.8. The first-order chi connectivity index (χ1) is 11.3. The normalized spacial score (nSPS) is 10.9. The Bertz CT molecular complexity index is 847. The van der Waals surface area contributed by atoms with Gasteiger partial charge in [-0.25, -0.2) is 8.42 Å². The van der Waals surface area contributed by atoms with Gasteiger partial charge in [0.25, 0.3) is 5.69 Å². The second-order valence-electron chi connectivity index (χ2n) is 5.03. The molecule has 0 bridgehead atoms. The Hall–Kier alpha value is -2.52. The van der Waals surface area contributed by atoms with Crippen molar-refractivity contribution >= 4 is 38.5 Å². The summed E-state index contributed by atoms with van der Waals surface area (Å²) in [6.07, 6.45) is 1.16. The van der Waals surface area contributed by atoms with Crippen molar-refractivity contribution in [2.75, 3.05) is 11.6 Å². The zero-order valence-electron chi connectivity index (χ0n) is 12.7. The molecule has 0 aliphatic rings. The lowest BCUT2D eigenvalue weighted by Crippen LogP contribution is -2.27. The summed E-state index contributed by atoms with van der Waals surface area (Å²) in [4.78, 5) is 10.4. The average molecular weight is 365 g/mol. The summed E-state index contributed by atoms with van der Waals surface area (Å²) in [6.45, 7) is 0.420. The van der Waals surface area contributed by atoms with E-state index in [2.05, 4.69) is 10.6 Å². The molecule has 2 rings (SSSR count). The highest BCUT2D eigenvalue weighted by atomic mass is 32.2. The zero-order chi connectivity index (χ0) is 17.7. The summed E-state index contributed by atoms with van der Waals surface area (Å²) in [5, 5.41) is 16.8. The lowest BCUT2D eigenvalue weighted by Gasteiger charge is -2.10. The van der Waals surface area contributed by atoms with Crippen LogP contribution in [0.2, 0.25) is 0 Å². The second kappa shape index (κ2) is 7.37. The number of nitro groups is 1. The van der Waals surface area contributed by atoms with Crippen LogP contribution in [-0.4, -0.2) is 24.7 Å². The molecule has 0 fully saturated rings. The van der Waals surface area contributed by atoms with Gasteiger partial charge in [-0.3, -0.25) is 10.1 Å². The number of anilines is 1. The van der Waals surface area contributed by atoms with Gasteiger partial charge in [0, 0.05) is 30.6 Å². The maximum atomic E-state index is 11.4. The largest absolute Gasteiger partial charge is 0.358 e. The molecule has 0 atom stereocenters. The Labute approximate surface area is 144 Å². The van der Waals surface area contributed by atoms with Gasteiger partial charge in [0.2, 0.25) is 0 Å². The van der Waals surface area contributed by atoms with Crippen LogP contribution in [0, 0.1) is 10.1 Å². The SMILES string of the molecule is CS(=O)(=O)c1ccc(CNC(=S)Nc2ccc([N+](=O)[O-])cc2)cc1. The Morgan fingerprint density at radius 1 is 1.12 bits per heavy atom. The third-order valence-corrected chi connectivity index (χ3v) is 4.52. The number of nitrogens with one attached hydrogen (secondary N) is 2. The molecule has 7 nitrogen and oxygen atoms in total.